The van der Waals surface area contributed by atoms with E-state index in [1.165, 1.54) is 72.3 Å². The van der Waals surface area contributed by atoms with Gasteiger partial charge in [-0.05, 0) is 110 Å². The minimum absolute atomic E-state index is 0.458. The molecule has 3 aliphatic carbocycles. The zero-order valence-corrected chi connectivity index (χ0v) is 32.5. The van der Waals surface area contributed by atoms with Crippen LogP contribution in [0.25, 0.3) is 55.3 Å². The van der Waals surface area contributed by atoms with E-state index in [1.807, 2.05) is 0 Å². The van der Waals surface area contributed by atoms with Crippen molar-refractivity contribution in [1.82, 2.24) is 0 Å². The number of rotatable bonds is 4. The zero-order chi connectivity index (χ0) is 38.9. The van der Waals surface area contributed by atoms with Crippen LogP contribution in [-0.4, -0.2) is 0 Å². The Morgan fingerprint density at radius 2 is 0.847 bits per heavy atom. The molecule has 9 aromatic carbocycles. The molecule has 0 unspecified atom stereocenters. The van der Waals surface area contributed by atoms with E-state index in [0.717, 1.165) is 39.0 Å². The van der Waals surface area contributed by atoms with E-state index in [-0.39, 0.29) is 0 Å². The zero-order valence-electron chi connectivity index (χ0n) is 32.5. The number of para-hydroxylation sites is 2. The van der Waals surface area contributed by atoms with Crippen molar-refractivity contribution in [2.75, 3.05) is 4.90 Å². The summed E-state index contributed by atoms with van der Waals surface area (Å²) in [6, 6.07) is 76.4. The smallest absolute Gasteiger partial charge is 0.135 e. The van der Waals surface area contributed by atoms with Crippen molar-refractivity contribution in [3.05, 3.63) is 245 Å². The maximum atomic E-state index is 6.75. The molecular weight excluding hydrogens is 715 g/mol. The predicted octanol–water partition coefficient (Wildman–Crippen LogP) is 14.7. The van der Waals surface area contributed by atoms with Gasteiger partial charge in [-0.3, -0.25) is 0 Å². The first-order valence-corrected chi connectivity index (χ1v) is 20.6. The predicted molar refractivity (Wildman–Crippen MR) is 242 cm³/mol. The minimum atomic E-state index is -0.497. The van der Waals surface area contributed by atoms with Crippen LogP contribution >= 0.6 is 0 Å². The van der Waals surface area contributed by atoms with Gasteiger partial charge in [0.1, 0.15) is 11.2 Å². The Bertz CT molecular complexity index is 3280. The van der Waals surface area contributed by atoms with Crippen LogP contribution in [0.4, 0.5) is 17.1 Å². The first kappa shape index (κ1) is 32.6. The molecule has 3 aliphatic rings. The van der Waals surface area contributed by atoms with Gasteiger partial charge in [-0.25, -0.2) is 0 Å². The van der Waals surface area contributed by atoms with E-state index < -0.39 is 10.8 Å². The van der Waals surface area contributed by atoms with Crippen molar-refractivity contribution in [1.29, 1.82) is 0 Å². The Balaban J connectivity index is 1.17. The van der Waals surface area contributed by atoms with Gasteiger partial charge >= 0.3 is 0 Å². The Labute approximate surface area is 343 Å². The number of hydrogen-bond donors (Lipinski definition) is 0. The highest BCUT2D eigenvalue weighted by Gasteiger charge is 2.52. The molecule has 0 radical (unpaired) electrons. The van der Waals surface area contributed by atoms with E-state index >= 15 is 0 Å². The molecule has 0 N–H and O–H groups in total. The highest BCUT2D eigenvalue weighted by atomic mass is 16.3. The summed E-state index contributed by atoms with van der Waals surface area (Å²) in [6.45, 7) is 2.42. The third-order valence-electron chi connectivity index (χ3n) is 13.8. The maximum Gasteiger partial charge on any atom is 0.135 e. The molecule has 1 spiro atoms. The highest BCUT2D eigenvalue weighted by Crippen LogP contribution is 2.65. The minimum Gasteiger partial charge on any atom is -0.456 e. The van der Waals surface area contributed by atoms with Crippen molar-refractivity contribution in [3.63, 3.8) is 0 Å². The van der Waals surface area contributed by atoms with Gasteiger partial charge < -0.3 is 9.32 Å². The van der Waals surface area contributed by atoms with Crippen LogP contribution in [-0.2, 0) is 10.8 Å². The Hall–Kier alpha value is -7.42. The fourth-order valence-electron chi connectivity index (χ4n) is 11.4. The molecule has 2 heteroatoms. The first-order valence-electron chi connectivity index (χ1n) is 20.6. The lowest BCUT2D eigenvalue weighted by molar-refractivity contribution is 0.662. The number of benzene rings is 9. The summed E-state index contributed by atoms with van der Waals surface area (Å²) in [5.74, 6) is 0. The van der Waals surface area contributed by atoms with Gasteiger partial charge in [-0.15, -0.1) is 0 Å². The van der Waals surface area contributed by atoms with E-state index in [1.54, 1.807) is 0 Å². The summed E-state index contributed by atoms with van der Waals surface area (Å²) >= 11 is 0. The maximum absolute atomic E-state index is 6.75. The third kappa shape index (κ3) is 4.10. The second-order valence-corrected chi connectivity index (χ2v) is 16.4. The van der Waals surface area contributed by atoms with Crippen molar-refractivity contribution in [3.8, 4) is 33.4 Å². The van der Waals surface area contributed by atoms with Gasteiger partial charge in [-0.1, -0.05) is 170 Å². The van der Waals surface area contributed by atoms with Crippen LogP contribution in [0, 0.1) is 0 Å². The summed E-state index contributed by atoms with van der Waals surface area (Å²) in [6.07, 6.45) is 0. The normalized spacial score (nSPS) is 14.5. The molecule has 0 saturated carbocycles. The molecule has 276 valence electrons. The Morgan fingerprint density at radius 1 is 0.356 bits per heavy atom. The summed E-state index contributed by atoms with van der Waals surface area (Å²) in [4.78, 5) is 2.55. The number of furan rings is 1. The lowest BCUT2D eigenvalue weighted by Gasteiger charge is -2.36. The van der Waals surface area contributed by atoms with E-state index in [2.05, 4.69) is 218 Å². The van der Waals surface area contributed by atoms with E-state index in [9.17, 15) is 0 Å². The lowest BCUT2D eigenvalue weighted by Crippen LogP contribution is -2.27. The highest BCUT2D eigenvalue weighted by molar-refractivity contribution is 6.09. The van der Waals surface area contributed by atoms with Crippen LogP contribution < -0.4 is 4.90 Å². The fraction of sp³-hybridized carbons (Fsp3) is 0.0526. The molecule has 0 fully saturated rings. The Morgan fingerprint density at radius 3 is 1.49 bits per heavy atom. The Kier molecular flexibility index (Phi) is 6.54. The van der Waals surface area contributed by atoms with Crippen LogP contribution in [0.5, 0.6) is 0 Å². The molecule has 10 aromatic rings. The average Bonchev–Trinajstić information content (AvgIpc) is 4.00. The monoisotopic (exact) mass is 751 g/mol. The van der Waals surface area contributed by atoms with Crippen molar-refractivity contribution in [2.24, 2.45) is 0 Å². The van der Waals surface area contributed by atoms with Gasteiger partial charge in [0.15, 0.2) is 0 Å². The van der Waals surface area contributed by atoms with Crippen LogP contribution in [0.2, 0.25) is 0 Å². The number of hydrogen-bond acceptors (Lipinski definition) is 2. The van der Waals surface area contributed by atoms with Gasteiger partial charge in [0.05, 0.1) is 16.8 Å². The molecule has 0 aliphatic heterocycles. The molecule has 0 atom stereocenters. The SMILES string of the molecule is CC1(c2cc3oc4ccccc4c3cc2N(c2ccccc2)c2cccc3c2-c2ccccc2C32c3ccccc3-c3ccccc32)c2ccccc2-c2ccccc21. The van der Waals surface area contributed by atoms with E-state index in [0.29, 0.717) is 0 Å². The van der Waals surface area contributed by atoms with Gasteiger partial charge in [0, 0.05) is 27.4 Å². The van der Waals surface area contributed by atoms with Crippen molar-refractivity contribution < 1.29 is 4.42 Å². The van der Waals surface area contributed by atoms with Gasteiger partial charge in [0.2, 0.25) is 0 Å². The second-order valence-electron chi connectivity index (χ2n) is 16.4. The molecule has 0 amide bonds. The molecule has 0 saturated heterocycles. The molecule has 0 bridgehead atoms. The van der Waals surface area contributed by atoms with Crippen LogP contribution in [0.1, 0.15) is 45.9 Å². The van der Waals surface area contributed by atoms with Gasteiger partial charge in [-0.2, -0.15) is 0 Å². The van der Waals surface area contributed by atoms with Crippen molar-refractivity contribution in [2.45, 2.75) is 17.8 Å². The number of nitrogens with zero attached hydrogens (tertiary/aromatic N) is 1. The summed E-state index contributed by atoms with van der Waals surface area (Å²) < 4.78 is 6.75. The number of anilines is 3. The van der Waals surface area contributed by atoms with Crippen molar-refractivity contribution >= 4 is 39.0 Å². The molecular formula is C57H37NO. The van der Waals surface area contributed by atoms with E-state index in [4.69, 9.17) is 4.42 Å². The second kappa shape index (κ2) is 11.8. The molecule has 2 nitrogen and oxygen atoms in total. The van der Waals surface area contributed by atoms with Crippen LogP contribution in [0.3, 0.4) is 0 Å². The standard InChI is InChI=1S/C57H37NO/c1-56(44-26-11-5-20-37(44)38-21-6-12-27-45(38)56)50-35-54-43(41-24-10-16-33-53(41)59-54)34-52(50)58(36-18-3-2-4-19-36)51-32-17-31-49-55(51)42-25-9-15-30-48(42)57(49)46-28-13-7-22-39(46)40-23-8-14-29-47(40)57/h2-35H,1H3. The topological polar surface area (TPSA) is 16.4 Å². The fourth-order valence-corrected chi connectivity index (χ4v) is 11.4. The third-order valence-corrected chi connectivity index (χ3v) is 13.8. The average molecular weight is 752 g/mol. The summed E-state index contributed by atoms with van der Waals surface area (Å²) in [5, 5.41) is 2.22. The first-order chi connectivity index (χ1) is 29.2. The summed E-state index contributed by atoms with van der Waals surface area (Å²) in [5.41, 5.74) is 21.0. The molecule has 13 rings (SSSR count). The van der Waals surface area contributed by atoms with Gasteiger partial charge in [0.25, 0.3) is 0 Å². The summed E-state index contributed by atoms with van der Waals surface area (Å²) in [7, 11) is 0. The molecule has 59 heavy (non-hydrogen) atoms. The largest absolute Gasteiger partial charge is 0.456 e. The quantitative estimate of drug-likeness (QED) is 0.178. The lowest BCUT2D eigenvalue weighted by atomic mass is 9.70. The molecule has 1 heterocycles. The van der Waals surface area contributed by atoms with Crippen LogP contribution in [0.15, 0.2) is 211 Å². The molecule has 1 aromatic heterocycles. The number of fused-ring (bicyclic) bond motifs is 16.